The number of nitrogens with two attached hydrogens (primary N) is 1. The van der Waals surface area contributed by atoms with Crippen LogP contribution >= 0.6 is 0 Å². The normalized spacial score (nSPS) is 14.6. The van der Waals surface area contributed by atoms with Crippen molar-refractivity contribution in [3.8, 4) is 0 Å². The van der Waals surface area contributed by atoms with E-state index in [4.69, 9.17) is 5.73 Å². The highest BCUT2D eigenvalue weighted by molar-refractivity contribution is 5.78. The molecule has 1 aromatic carbocycles. The summed E-state index contributed by atoms with van der Waals surface area (Å²) in [6.07, 6.45) is 1.89. The number of rotatable bonds is 8. The van der Waals surface area contributed by atoms with E-state index in [0.29, 0.717) is 19.4 Å². The van der Waals surface area contributed by atoms with Crippen LogP contribution in [-0.4, -0.2) is 28.1 Å². The van der Waals surface area contributed by atoms with Gasteiger partial charge in [-0.05, 0) is 30.5 Å². The van der Waals surface area contributed by atoms with Crippen molar-refractivity contribution in [1.82, 2.24) is 10.3 Å². The standard InChI is InChI=1S/C19H25N3O2/c1-14(19(24)22-13-16-9-5-6-10-21-16)11-18(23)17(20)12-15-7-3-2-4-8-15/h2-10,14,17-18,23H,11-13,20H2,1H3,(H,22,24)/t14-,17+,18+/m1/s1. The van der Waals surface area contributed by atoms with Crippen LogP contribution in [0.25, 0.3) is 0 Å². The molecule has 24 heavy (non-hydrogen) atoms. The number of aromatic nitrogens is 1. The molecule has 0 spiro atoms. The second-order valence-electron chi connectivity index (χ2n) is 6.10. The van der Waals surface area contributed by atoms with Crippen LogP contribution in [0.4, 0.5) is 0 Å². The lowest BCUT2D eigenvalue weighted by Gasteiger charge is -2.22. The van der Waals surface area contributed by atoms with Crippen LogP contribution in [0.15, 0.2) is 54.7 Å². The summed E-state index contributed by atoms with van der Waals surface area (Å²) in [5, 5.41) is 13.1. The molecule has 0 saturated heterocycles. The van der Waals surface area contributed by atoms with Crippen LogP contribution in [-0.2, 0) is 17.8 Å². The third-order valence-corrected chi connectivity index (χ3v) is 4.02. The lowest BCUT2D eigenvalue weighted by atomic mass is 9.94. The summed E-state index contributed by atoms with van der Waals surface area (Å²) in [6.45, 7) is 2.18. The molecule has 0 aliphatic heterocycles. The van der Waals surface area contributed by atoms with Crippen LogP contribution < -0.4 is 11.1 Å². The summed E-state index contributed by atoms with van der Waals surface area (Å²) in [5.41, 5.74) is 7.96. The summed E-state index contributed by atoms with van der Waals surface area (Å²) in [4.78, 5) is 16.3. The highest BCUT2D eigenvalue weighted by atomic mass is 16.3. The van der Waals surface area contributed by atoms with Gasteiger partial charge >= 0.3 is 0 Å². The van der Waals surface area contributed by atoms with Gasteiger partial charge in [0.05, 0.1) is 18.3 Å². The number of pyridine rings is 1. The van der Waals surface area contributed by atoms with Gasteiger partial charge in [0.25, 0.3) is 0 Å². The highest BCUT2D eigenvalue weighted by Crippen LogP contribution is 2.12. The molecule has 0 saturated carbocycles. The number of carbonyl (C=O) groups excluding carboxylic acids is 1. The van der Waals surface area contributed by atoms with Crippen molar-refractivity contribution in [2.75, 3.05) is 0 Å². The fourth-order valence-corrected chi connectivity index (χ4v) is 2.52. The Balaban J connectivity index is 1.77. The SMILES string of the molecule is C[C@H](C[C@H](O)[C@@H](N)Cc1ccccc1)C(=O)NCc1ccccn1. The first-order chi connectivity index (χ1) is 11.6. The lowest BCUT2D eigenvalue weighted by Crippen LogP contribution is -2.40. The Morgan fingerprint density at radius 3 is 2.58 bits per heavy atom. The molecular weight excluding hydrogens is 302 g/mol. The van der Waals surface area contributed by atoms with Crippen LogP contribution in [0.1, 0.15) is 24.6 Å². The number of hydrogen-bond acceptors (Lipinski definition) is 4. The Kier molecular flexibility index (Phi) is 6.90. The Bertz CT molecular complexity index is 619. The minimum atomic E-state index is -0.721. The second kappa shape index (κ2) is 9.15. The van der Waals surface area contributed by atoms with Gasteiger partial charge in [-0.1, -0.05) is 43.3 Å². The molecule has 3 atom stereocenters. The average Bonchev–Trinajstić information content (AvgIpc) is 2.61. The smallest absolute Gasteiger partial charge is 0.223 e. The second-order valence-corrected chi connectivity index (χ2v) is 6.10. The van der Waals surface area contributed by atoms with Crippen molar-refractivity contribution in [3.63, 3.8) is 0 Å². The Hall–Kier alpha value is -2.24. The predicted molar refractivity (Wildman–Crippen MR) is 94.0 cm³/mol. The van der Waals surface area contributed by atoms with Gasteiger partial charge in [0, 0.05) is 18.2 Å². The average molecular weight is 327 g/mol. The van der Waals surface area contributed by atoms with Crippen LogP contribution in [0.3, 0.4) is 0 Å². The number of nitrogens with zero attached hydrogens (tertiary/aromatic N) is 1. The molecule has 0 aliphatic rings. The van der Waals surface area contributed by atoms with Crippen molar-refractivity contribution in [2.45, 2.75) is 38.5 Å². The molecule has 0 unspecified atom stereocenters. The largest absolute Gasteiger partial charge is 0.391 e. The maximum atomic E-state index is 12.1. The number of nitrogens with one attached hydrogen (secondary N) is 1. The van der Waals surface area contributed by atoms with Crippen molar-refractivity contribution >= 4 is 5.91 Å². The molecule has 2 rings (SSSR count). The molecule has 1 heterocycles. The van der Waals surface area contributed by atoms with Crippen LogP contribution in [0.5, 0.6) is 0 Å². The quantitative estimate of drug-likeness (QED) is 0.688. The Labute approximate surface area is 142 Å². The summed E-state index contributed by atoms with van der Waals surface area (Å²) >= 11 is 0. The first kappa shape index (κ1) is 18.1. The molecule has 5 heteroatoms. The zero-order valence-corrected chi connectivity index (χ0v) is 13.9. The van der Waals surface area contributed by atoms with E-state index in [0.717, 1.165) is 11.3 Å². The first-order valence-corrected chi connectivity index (χ1v) is 8.21. The predicted octanol–water partition coefficient (Wildman–Crippen LogP) is 1.65. The molecule has 5 nitrogen and oxygen atoms in total. The molecular formula is C19H25N3O2. The van der Waals surface area contributed by atoms with E-state index in [9.17, 15) is 9.90 Å². The number of aliphatic hydroxyl groups is 1. The number of aliphatic hydroxyl groups excluding tert-OH is 1. The molecule has 2 aromatic rings. The molecule has 1 aromatic heterocycles. The molecule has 128 valence electrons. The van der Waals surface area contributed by atoms with E-state index in [2.05, 4.69) is 10.3 Å². The van der Waals surface area contributed by atoms with Gasteiger partial charge in [0.15, 0.2) is 0 Å². The molecule has 0 radical (unpaired) electrons. The lowest BCUT2D eigenvalue weighted by molar-refractivity contribution is -0.125. The maximum Gasteiger partial charge on any atom is 0.223 e. The van der Waals surface area contributed by atoms with Crippen molar-refractivity contribution in [2.24, 2.45) is 11.7 Å². The molecule has 4 N–H and O–H groups in total. The summed E-state index contributed by atoms with van der Waals surface area (Å²) < 4.78 is 0. The van der Waals surface area contributed by atoms with Crippen molar-refractivity contribution in [3.05, 3.63) is 66.0 Å². The van der Waals surface area contributed by atoms with Crippen molar-refractivity contribution < 1.29 is 9.90 Å². The number of amides is 1. The summed E-state index contributed by atoms with van der Waals surface area (Å²) in [7, 11) is 0. The van der Waals surface area contributed by atoms with E-state index in [1.54, 1.807) is 13.1 Å². The number of hydrogen-bond donors (Lipinski definition) is 3. The van der Waals surface area contributed by atoms with E-state index in [-0.39, 0.29) is 11.8 Å². The fraction of sp³-hybridized carbons (Fsp3) is 0.368. The van der Waals surface area contributed by atoms with E-state index >= 15 is 0 Å². The zero-order chi connectivity index (χ0) is 17.4. The number of benzene rings is 1. The molecule has 0 bridgehead atoms. The Morgan fingerprint density at radius 2 is 1.92 bits per heavy atom. The number of carbonyl (C=O) groups is 1. The molecule has 0 aliphatic carbocycles. The zero-order valence-electron chi connectivity index (χ0n) is 13.9. The van der Waals surface area contributed by atoms with Crippen LogP contribution in [0, 0.1) is 5.92 Å². The topological polar surface area (TPSA) is 88.2 Å². The first-order valence-electron chi connectivity index (χ1n) is 8.21. The van der Waals surface area contributed by atoms with Gasteiger partial charge in [-0.15, -0.1) is 0 Å². The van der Waals surface area contributed by atoms with Gasteiger partial charge in [-0.2, -0.15) is 0 Å². The van der Waals surface area contributed by atoms with Gasteiger partial charge in [0.2, 0.25) is 5.91 Å². The fourth-order valence-electron chi connectivity index (χ4n) is 2.52. The van der Waals surface area contributed by atoms with Crippen LogP contribution in [0.2, 0.25) is 0 Å². The van der Waals surface area contributed by atoms with E-state index in [1.165, 1.54) is 0 Å². The highest BCUT2D eigenvalue weighted by Gasteiger charge is 2.22. The van der Waals surface area contributed by atoms with Gasteiger partial charge in [0.1, 0.15) is 0 Å². The molecule has 1 amide bonds. The third-order valence-electron chi connectivity index (χ3n) is 4.02. The van der Waals surface area contributed by atoms with Gasteiger partial charge in [-0.25, -0.2) is 0 Å². The molecule has 0 fully saturated rings. The Morgan fingerprint density at radius 1 is 1.21 bits per heavy atom. The van der Waals surface area contributed by atoms with Gasteiger partial charge in [-0.3, -0.25) is 9.78 Å². The van der Waals surface area contributed by atoms with E-state index in [1.807, 2.05) is 48.5 Å². The minimum absolute atomic E-state index is 0.105. The minimum Gasteiger partial charge on any atom is -0.391 e. The third kappa shape index (κ3) is 5.76. The maximum absolute atomic E-state index is 12.1. The summed E-state index contributed by atoms with van der Waals surface area (Å²) in [5.74, 6) is -0.419. The van der Waals surface area contributed by atoms with Crippen molar-refractivity contribution in [1.29, 1.82) is 0 Å². The summed E-state index contributed by atoms with van der Waals surface area (Å²) in [6, 6.07) is 15.0. The van der Waals surface area contributed by atoms with E-state index < -0.39 is 12.1 Å². The van der Waals surface area contributed by atoms with Gasteiger partial charge < -0.3 is 16.2 Å². The monoisotopic (exact) mass is 327 g/mol.